The highest BCUT2D eigenvalue weighted by atomic mass is 35.5. The van der Waals surface area contributed by atoms with Crippen LogP contribution in [0.4, 0.5) is 0 Å². The molecule has 0 aromatic rings. The van der Waals surface area contributed by atoms with E-state index in [9.17, 15) is 9.36 Å². The van der Waals surface area contributed by atoms with Gasteiger partial charge in [0.05, 0.1) is 0 Å². The first kappa shape index (κ1) is 16.8. The van der Waals surface area contributed by atoms with Crippen molar-refractivity contribution in [3.05, 3.63) is 10.3 Å². The number of hydrogen-bond donors (Lipinski definition) is 0. The molecule has 0 aromatic carbocycles. The van der Waals surface area contributed by atoms with Crippen LogP contribution in [0.1, 0.15) is 19.3 Å². The van der Waals surface area contributed by atoms with Gasteiger partial charge in [-0.3, -0.25) is 13.8 Å². The summed E-state index contributed by atoms with van der Waals surface area (Å²) < 4.78 is 25.6. The van der Waals surface area contributed by atoms with Crippen molar-refractivity contribution in [2.45, 2.75) is 19.3 Å². The summed E-state index contributed by atoms with van der Waals surface area (Å²) in [4.78, 5) is 13.7. The highest BCUT2D eigenvalue weighted by Gasteiger charge is 2.33. The normalized spacial score (nSPS) is 16.1. The van der Waals surface area contributed by atoms with Gasteiger partial charge in [-0.2, -0.15) is 0 Å². The smallest absolute Gasteiger partial charge is 0.395 e. The van der Waals surface area contributed by atoms with Crippen LogP contribution in [-0.2, 0) is 22.9 Å². The van der Waals surface area contributed by atoms with Crippen molar-refractivity contribution < 1.29 is 22.9 Å². The van der Waals surface area contributed by atoms with Crippen molar-refractivity contribution >= 4 is 36.9 Å². The number of hydrogen-bond acceptors (Lipinski definition) is 5. The summed E-state index contributed by atoms with van der Waals surface area (Å²) in [5.74, 6) is -0.939. The number of phosphoric acid groups is 1. The van der Waals surface area contributed by atoms with Crippen molar-refractivity contribution in [1.82, 2.24) is 4.90 Å². The Morgan fingerprint density at radius 1 is 1.11 bits per heavy atom. The van der Waals surface area contributed by atoms with Crippen molar-refractivity contribution in [3.8, 4) is 0 Å². The number of carbonyl (C=O) groups is 1. The minimum atomic E-state index is -3.87. The first-order valence-electron chi connectivity index (χ1n) is 5.69. The number of piperidine rings is 1. The van der Waals surface area contributed by atoms with Crippen LogP contribution < -0.4 is 0 Å². The fourth-order valence-electron chi connectivity index (χ4n) is 1.66. The summed E-state index contributed by atoms with van der Waals surface area (Å²) in [5, 5.41) is 0. The third kappa shape index (κ3) is 4.65. The molecule has 0 atom stereocenters. The number of rotatable bonds is 5. The van der Waals surface area contributed by atoms with Gasteiger partial charge in [0.15, 0.2) is 4.49 Å². The number of nitrogens with zero attached hydrogens (tertiary/aromatic N) is 1. The van der Waals surface area contributed by atoms with E-state index in [1.54, 1.807) is 4.90 Å². The summed E-state index contributed by atoms with van der Waals surface area (Å²) in [6.45, 7) is 1.16. The van der Waals surface area contributed by atoms with E-state index in [2.05, 4.69) is 9.05 Å². The molecule has 0 unspecified atom stereocenters. The number of amides is 1. The van der Waals surface area contributed by atoms with E-state index in [1.165, 1.54) is 0 Å². The first-order chi connectivity index (χ1) is 8.93. The van der Waals surface area contributed by atoms with Gasteiger partial charge in [0.25, 0.3) is 5.91 Å². The largest absolute Gasteiger partial charge is 0.529 e. The Hall–Kier alpha value is -0.260. The van der Waals surface area contributed by atoms with Crippen LogP contribution in [0.15, 0.2) is 10.3 Å². The molecule has 1 aliphatic heterocycles. The lowest BCUT2D eigenvalue weighted by Gasteiger charge is -2.28. The highest BCUT2D eigenvalue weighted by Crippen LogP contribution is 2.50. The van der Waals surface area contributed by atoms with Gasteiger partial charge in [-0.15, -0.1) is 0 Å². The Balaban J connectivity index is 2.87. The second-order valence-corrected chi connectivity index (χ2v) is 6.60. The van der Waals surface area contributed by atoms with Gasteiger partial charge in [-0.25, -0.2) is 4.57 Å². The zero-order valence-electron chi connectivity index (χ0n) is 10.7. The van der Waals surface area contributed by atoms with E-state index < -0.39 is 24.0 Å². The fourth-order valence-corrected chi connectivity index (χ4v) is 2.69. The molecule has 0 aromatic heterocycles. The molecule has 1 fully saturated rings. The van der Waals surface area contributed by atoms with E-state index in [-0.39, 0.29) is 0 Å². The van der Waals surface area contributed by atoms with Crippen molar-refractivity contribution in [2.24, 2.45) is 0 Å². The van der Waals surface area contributed by atoms with Crippen LogP contribution in [0.25, 0.3) is 0 Å². The molecule has 1 heterocycles. The number of likely N-dealkylation sites (tertiary alicyclic amines) is 1. The third-order valence-corrected chi connectivity index (χ3v) is 4.30. The standard InChI is InChI=1S/C10H16Cl2NO5P/c1-16-19(15,17-2)18-8(9(11)12)10(14)13-6-4-3-5-7-13/h3-7H2,1-2H3. The molecule has 110 valence electrons. The predicted octanol–water partition coefficient (Wildman–Crippen LogP) is 3.06. The van der Waals surface area contributed by atoms with Crippen LogP contribution in [0.5, 0.6) is 0 Å². The summed E-state index contributed by atoms with van der Waals surface area (Å²) in [7, 11) is -1.60. The van der Waals surface area contributed by atoms with Crippen LogP contribution >= 0.6 is 31.0 Å². The van der Waals surface area contributed by atoms with Crippen LogP contribution in [0.2, 0.25) is 0 Å². The van der Waals surface area contributed by atoms with Gasteiger partial charge in [0.1, 0.15) is 0 Å². The second kappa shape index (κ2) is 7.50. The van der Waals surface area contributed by atoms with E-state index in [4.69, 9.17) is 27.7 Å². The van der Waals surface area contributed by atoms with Gasteiger partial charge in [0.2, 0.25) is 5.76 Å². The highest BCUT2D eigenvalue weighted by molar-refractivity contribution is 7.48. The Morgan fingerprint density at radius 2 is 1.63 bits per heavy atom. The summed E-state index contributed by atoms with van der Waals surface area (Å²) >= 11 is 11.2. The maximum Gasteiger partial charge on any atom is 0.529 e. The molecule has 0 radical (unpaired) electrons. The van der Waals surface area contributed by atoms with E-state index in [1.807, 2.05) is 0 Å². The Labute approximate surface area is 122 Å². The van der Waals surface area contributed by atoms with Crippen molar-refractivity contribution in [1.29, 1.82) is 0 Å². The fraction of sp³-hybridized carbons (Fsp3) is 0.700. The zero-order chi connectivity index (χ0) is 14.5. The van der Waals surface area contributed by atoms with Crippen LogP contribution in [-0.4, -0.2) is 38.1 Å². The van der Waals surface area contributed by atoms with Crippen LogP contribution in [0, 0.1) is 0 Å². The van der Waals surface area contributed by atoms with Gasteiger partial charge in [-0.05, 0) is 19.3 Å². The summed E-state index contributed by atoms with van der Waals surface area (Å²) in [5.41, 5.74) is 0. The SMILES string of the molecule is COP(=O)(OC)OC(C(=O)N1CCCCC1)=C(Cl)Cl. The Kier molecular flexibility index (Phi) is 6.63. The van der Waals surface area contributed by atoms with Crippen LogP contribution in [0.3, 0.4) is 0 Å². The average Bonchev–Trinajstić information content (AvgIpc) is 2.44. The van der Waals surface area contributed by atoms with Gasteiger partial charge in [-0.1, -0.05) is 23.2 Å². The quantitative estimate of drug-likeness (QED) is 0.440. The van der Waals surface area contributed by atoms with E-state index >= 15 is 0 Å². The lowest BCUT2D eigenvalue weighted by molar-refractivity contribution is -0.130. The molecule has 19 heavy (non-hydrogen) atoms. The topological polar surface area (TPSA) is 65.1 Å². The molecule has 1 aliphatic rings. The number of carbonyl (C=O) groups excluding carboxylic acids is 1. The van der Waals surface area contributed by atoms with E-state index in [0.29, 0.717) is 13.1 Å². The Morgan fingerprint density at radius 3 is 2.05 bits per heavy atom. The molecule has 1 saturated heterocycles. The first-order valence-corrected chi connectivity index (χ1v) is 7.91. The summed E-state index contributed by atoms with van der Waals surface area (Å²) in [6, 6.07) is 0. The van der Waals surface area contributed by atoms with Gasteiger partial charge in [0, 0.05) is 27.3 Å². The predicted molar refractivity (Wildman–Crippen MR) is 71.9 cm³/mol. The zero-order valence-corrected chi connectivity index (χ0v) is 13.1. The molecule has 0 N–H and O–H groups in total. The maximum atomic E-state index is 12.2. The second-order valence-electron chi connectivity index (χ2n) is 3.85. The minimum absolute atomic E-state index is 0.412. The average molecular weight is 332 g/mol. The molecule has 0 spiro atoms. The lowest BCUT2D eigenvalue weighted by atomic mass is 10.1. The third-order valence-electron chi connectivity index (χ3n) is 2.66. The van der Waals surface area contributed by atoms with Gasteiger partial charge >= 0.3 is 7.82 Å². The molecule has 0 aliphatic carbocycles. The molecular weight excluding hydrogens is 316 g/mol. The summed E-state index contributed by atoms with van der Waals surface area (Å²) in [6.07, 6.45) is 2.85. The van der Waals surface area contributed by atoms with Crippen molar-refractivity contribution in [3.63, 3.8) is 0 Å². The van der Waals surface area contributed by atoms with Crippen molar-refractivity contribution in [2.75, 3.05) is 27.3 Å². The molecule has 0 saturated carbocycles. The number of phosphoric ester groups is 1. The number of halogens is 2. The molecule has 9 heteroatoms. The monoisotopic (exact) mass is 331 g/mol. The molecule has 6 nitrogen and oxygen atoms in total. The lowest BCUT2D eigenvalue weighted by Crippen LogP contribution is -2.37. The molecule has 0 bridgehead atoms. The van der Waals surface area contributed by atoms with Gasteiger partial charge < -0.3 is 9.42 Å². The van der Waals surface area contributed by atoms with E-state index in [0.717, 1.165) is 33.5 Å². The maximum absolute atomic E-state index is 12.2. The minimum Gasteiger partial charge on any atom is -0.395 e. The Bertz CT molecular complexity index is 397. The molecule has 1 rings (SSSR count). The molecular formula is C10H16Cl2NO5P. The molecule has 1 amide bonds.